The number of nitrogens with two attached hydrogens (primary N) is 1. The molecule has 1 fully saturated rings. The van der Waals surface area contributed by atoms with Crippen LogP contribution in [0.1, 0.15) is 30.7 Å². The predicted octanol–water partition coefficient (Wildman–Crippen LogP) is 1.17. The van der Waals surface area contributed by atoms with E-state index < -0.39 is 5.54 Å². The number of nitrogens with zero attached hydrogens (tertiary/aromatic N) is 4. The monoisotopic (exact) mass is 231 g/mol. The van der Waals surface area contributed by atoms with Gasteiger partial charge in [-0.3, -0.25) is 0 Å². The molecule has 0 aromatic carbocycles. The molecule has 2 aromatic rings. The Hall–Kier alpha value is -1.82. The van der Waals surface area contributed by atoms with Crippen LogP contribution in [0, 0.1) is 6.92 Å². The van der Waals surface area contributed by atoms with Crippen molar-refractivity contribution in [2.24, 2.45) is 5.73 Å². The Labute approximate surface area is 98.3 Å². The molecule has 0 radical (unpaired) electrons. The van der Waals surface area contributed by atoms with Crippen LogP contribution in [-0.4, -0.2) is 20.1 Å². The average molecular weight is 231 g/mol. The smallest absolute Gasteiger partial charge is 0.247 e. The van der Waals surface area contributed by atoms with E-state index in [0.29, 0.717) is 17.5 Å². The summed E-state index contributed by atoms with van der Waals surface area (Å²) in [6.45, 7) is 1.93. The second-order valence-electron chi connectivity index (χ2n) is 4.52. The maximum Gasteiger partial charge on any atom is 0.247 e. The summed E-state index contributed by atoms with van der Waals surface area (Å²) in [6, 6.07) is 0. The zero-order chi connectivity index (χ0) is 11.9. The SMILES string of the molecule is Cc1cnc(-c2noc(C3(N)CCC3)n2)nc1. The Morgan fingerprint density at radius 3 is 2.53 bits per heavy atom. The minimum absolute atomic E-state index is 0.400. The van der Waals surface area contributed by atoms with E-state index in [-0.39, 0.29) is 0 Å². The van der Waals surface area contributed by atoms with Crippen molar-refractivity contribution in [2.75, 3.05) is 0 Å². The van der Waals surface area contributed by atoms with E-state index in [1.807, 2.05) is 6.92 Å². The first kappa shape index (κ1) is 10.3. The van der Waals surface area contributed by atoms with Crippen LogP contribution in [0.25, 0.3) is 11.6 Å². The standard InChI is InChI=1S/C11H13N5O/c1-7-5-13-8(14-6-7)9-15-10(17-16-9)11(12)3-2-4-11/h5-6H,2-4,12H2,1H3. The quantitative estimate of drug-likeness (QED) is 0.834. The number of rotatable bonds is 2. The van der Waals surface area contributed by atoms with Crippen LogP contribution in [0.5, 0.6) is 0 Å². The molecule has 0 unspecified atom stereocenters. The van der Waals surface area contributed by atoms with Crippen molar-refractivity contribution in [3.63, 3.8) is 0 Å². The van der Waals surface area contributed by atoms with Crippen molar-refractivity contribution < 1.29 is 4.52 Å². The molecule has 6 heteroatoms. The van der Waals surface area contributed by atoms with Gasteiger partial charge in [0.05, 0.1) is 5.54 Å². The summed E-state index contributed by atoms with van der Waals surface area (Å²) in [5, 5.41) is 3.87. The summed E-state index contributed by atoms with van der Waals surface area (Å²) in [7, 11) is 0. The van der Waals surface area contributed by atoms with Gasteiger partial charge in [0.15, 0.2) is 0 Å². The van der Waals surface area contributed by atoms with Gasteiger partial charge in [-0.05, 0) is 31.7 Å². The van der Waals surface area contributed by atoms with E-state index in [1.165, 1.54) is 0 Å². The average Bonchev–Trinajstić information content (AvgIpc) is 2.76. The van der Waals surface area contributed by atoms with Crippen LogP contribution in [0.3, 0.4) is 0 Å². The Morgan fingerprint density at radius 1 is 1.24 bits per heavy atom. The molecule has 88 valence electrons. The molecule has 2 N–H and O–H groups in total. The third-order valence-electron chi connectivity index (χ3n) is 3.08. The lowest BCUT2D eigenvalue weighted by Gasteiger charge is -2.33. The molecule has 0 aliphatic heterocycles. The van der Waals surface area contributed by atoms with Crippen molar-refractivity contribution in [1.82, 2.24) is 20.1 Å². The summed E-state index contributed by atoms with van der Waals surface area (Å²) in [6.07, 6.45) is 6.34. The van der Waals surface area contributed by atoms with Crippen molar-refractivity contribution in [2.45, 2.75) is 31.7 Å². The van der Waals surface area contributed by atoms with Gasteiger partial charge in [-0.25, -0.2) is 9.97 Å². The molecule has 6 nitrogen and oxygen atoms in total. The Bertz CT molecular complexity index is 529. The highest BCUT2D eigenvalue weighted by molar-refractivity contribution is 5.41. The zero-order valence-corrected chi connectivity index (χ0v) is 9.55. The van der Waals surface area contributed by atoms with Crippen molar-refractivity contribution in [3.05, 3.63) is 23.8 Å². The molecule has 0 atom stereocenters. The van der Waals surface area contributed by atoms with Crippen LogP contribution in [-0.2, 0) is 5.54 Å². The molecule has 2 aromatic heterocycles. The first-order chi connectivity index (χ1) is 8.17. The molecule has 0 saturated heterocycles. The molecule has 2 heterocycles. The molecule has 1 aliphatic carbocycles. The van der Waals surface area contributed by atoms with Gasteiger partial charge in [0.2, 0.25) is 17.5 Å². The minimum Gasteiger partial charge on any atom is -0.337 e. The highest BCUT2D eigenvalue weighted by atomic mass is 16.5. The molecule has 17 heavy (non-hydrogen) atoms. The summed E-state index contributed by atoms with van der Waals surface area (Å²) in [5.74, 6) is 1.35. The lowest BCUT2D eigenvalue weighted by atomic mass is 9.78. The first-order valence-corrected chi connectivity index (χ1v) is 5.59. The van der Waals surface area contributed by atoms with Crippen LogP contribution in [0.15, 0.2) is 16.9 Å². The normalized spacial score (nSPS) is 17.8. The van der Waals surface area contributed by atoms with Crippen LogP contribution >= 0.6 is 0 Å². The second kappa shape index (κ2) is 3.59. The number of hydrogen-bond acceptors (Lipinski definition) is 6. The highest BCUT2D eigenvalue weighted by Crippen LogP contribution is 2.37. The summed E-state index contributed by atoms with van der Waals surface area (Å²) < 4.78 is 5.19. The largest absolute Gasteiger partial charge is 0.337 e. The van der Waals surface area contributed by atoms with E-state index >= 15 is 0 Å². The maximum absolute atomic E-state index is 6.10. The Morgan fingerprint density at radius 2 is 1.94 bits per heavy atom. The predicted molar refractivity (Wildman–Crippen MR) is 59.8 cm³/mol. The van der Waals surface area contributed by atoms with E-state index in [1.54, 1.807) is 12.4 Å². The Balaban J connectivity index is 1.92. The minimum atomic E-state index is -0.435. The summed E-state index contributed by atoms with van der Waals surface area (Å²) in [5.41, 5.74) is 6.66. The van der Waals surface area contributed by atoms with Gasteiger partial charge >= 0.3 is 0 Å². The van der Waals surface area contributed by atoms with Crippen molar-refractivity contribution >= 4 is 0 Å². The molecule has 0 bridgehead atoms. The molecule has 1 saturated carbocycles. The molecule has 0 amide bonds. The van der Waals surface area contributed by atoms with Crippen LogP contribution in [0.4, 0.5) is 0 Å². The topological polar surface area (TPSA) is 90.7 Å². The number of hydrogen-bond donors (Lipinski definition) is 1. The van der Waals surface area contributed by atoms with Crippen LogP contribution < -0.4 is 5.73 Å². The molecule has 3 rings (SSSR count). The zero-order valence-electron chi connectivity index (χ0n) is 9.55. The van der Waals surface area contributed by atoms with Crippen molar-refractivity contribution in [3.8, 4) is 11.6 Å². The van der Waals surface area contributed by atoms with Crippen molar-refractivity contribution in [1.29, 1.82) is 0 Å². The molecular formula is C11H13N5O. The number of aryl methyl sites for hydroxylation is 1. The van der Waals surface area contributed by atoms with Gasteiger partial charge in [-0.15, -0.1) is 0 Å². The lowest BCUT2D eigenvalue weighted by Crippen LogP contribution is -2.43. The maximum atomic E-state index is 6.10. The fourth-order valence-corrected chi connectivity index (χ4v) is 1.80. The van der Waals surface area contributed by atoms with Gasteiger partial charge in [-0.1, -0.05) is 5.16 Å². The highest BCUT2D eigenvalue weighted by Gasteiger charge is 2.40. The van der Waals surface area contributed by atoms with E-state index in [2.05, 4.69) is 20.1 Å². The third kappa shape index (κ3) is 1.70. The molecular weight excluding hydrogens is 218 g/mol. The summed E-state index contributed by atoms with van der Waals surface area (Å²) in [4.78, 5) is 12.6. The van der Waals surface area contributed by atoms with E-state index in [9.17, 15) is 0 Å². The second-order valence-corrected chi connectivity index (χ2v) is 4.52. The fourth-order valence-electron chi connectivity index (χ4n) is 1.80. The van der Waals surface area contributed by atoms with E-state index in [0.717, 1.165) is 24.8 Å². The fraction of sp³-hybridized carbons (Fsp3) is 0.455. The van der Waals surface area contributed by atoms with Gasteiger partial charge in [0.25, 0.3) is 0 Å². The third-order valence-corrected chi connectivity index (χ3v) is 3.08. The summed E-state index contributed by atoms with van der Waals surface area (Å²) >= 11 is 0. The van der Waals surface area contributed by atoms with Crippen LogP contribution in [0.2, 0.25) is 0 Å². The molecule has 0 spiro atoms. The lowest BCUT2D eigenvalue weighted by molar-refractivity contribution is 0.181. The van der Waals surface area contributed by atoms with Gasteiger partial charge < -0.3 is 10.3 Å². The molecule has 1 aliphatic rings. The van der Waals surface area contributed by atoms with Gasteiger partial charge in [-0.2, -0.15) is 4.98 Å². The number of aromatic nitrogens is 4. The van der Waals surface area contributed by atoms with Gasteiger partial charge in [0, 0.05) is 12.4 Å². The first-order valence-electron chi connectivity index (χ1n) is 5.59. The van der Waals surface area contributed by atoms with E-state index in [4.69, 9.17) is 10.3 Å². The van der Waals surface area contributed by atoms with Gasteiger partial charge in [0.1, 0.15) is 0 Å². The Kier molecular flexibility index (Phi) is 2.19.